The van der Waals surface area contributed by atoms with Crippen LogP contribution in [0.3, 0.4) is 0 Å². The third-order valence-electron chi connectivity index (χ3n) is 3.44. The van der Waals surface area contributed by atoms with Crippen molar-refractivity contribution < 1.29 is 13.9 Å². The van der Waals surface area contributed by atoms with Crippen molar-refractivity contribution in [2.45, 2.75) is 6.61 Å². The summed E-state index contributed by atoms with van der Waals surface area (Å²) in [6, 6.07) is 10.9. The van der Waals surface area contributed by atoms with Crippen molar-refractivity contribution in [2.24, 2.45) is 0 Å². The van der Waals surface area contributed by atoms with Gasteiger partial charge in [-0.25, -0.2) is 0 Å². The summed E-state index contributed by atoms with van der Waals surface area (Å²) in [6.07, 6.45) is 3.46. The molecule has 2 N–H and O–H groups in total. The van der Waals surface area contributed by atoms with Gasteiger partial charge >= 0.3 is 6.01 Å². The van der Waals surface area contributed by atoms with E-state index in [9.17, 15) is 0 Å². The molecule has 3 rings (SSSR count). The zero-order chi connectivity index (χ0) is 18.5. The first-order valence-electron chi connectivity index (χ1n) is 7.57. The monoisotopic (exact) mass is 391 g/mol. The fourth-order valence-electron chi connectivity index (χ4n) is 2.18. The van der Waals surface area contributed by atoms with Gasteiger partial charge in [0.05, 0.1) is 17.2 Å². The number of hydrogen-bond acceptors (Lipinski definition) is 6. The number of nitrogen functional groups attached to an aromatic ring is 1. The summed E-state index contributed by atoms with van der Waals surface area (Å²) in [6.45, 7) is 0.320. The lowest BCUT2D eigenvalue weighted by Crippen LogP contribution is -1.98. The van der Waals surface area contributed by atoms with E-state index < -0.39 is 0 Å². The Hall–Kier alpha value is -2.70. The predicted molar refractivity (Wildman–Crippen MR) is 101 cm³/mol. The topological polar surface area (TPSA) is 83.4 Å². The zero-order valence-corrected chi connectivity index (χ0v) is 15.3. The Balaban J connectivity index is 1.76. The summed E-state index contributed by atoms with van der Waals surface area (Å²) < 4.78 is 16.3. The van der Waals surface area contributed by atoms with Crippen molar-refractivity contribution in [1.82, 2.24) is 10.2 Å². The predicted octanol–water partition coefficient (Wildman–Crippen LogP) is 4.72. The molecule has 0 saturated carbocycles. The molecule has 1 aromatic heterocycles. The lowest BCUT2D eigenvalue weighted by Gasteiger charge is -2.12. The largest absolute Gasteiger partial charge is 0.493 e. The summed E-state index contributed by atoms with van der Waals surface area (Å²) in [5.41, 5.74) is 7.16. The molecule has 0 aliphatic rings. The van der Waals surface area contributed by atoms with Crippen molar-refractivity contribution >= 4 is 41.4 Å². The number of benzene rings is 2. The highest BCUT2D eigenvalue weighted by Crippen LogP contribution is 2.30. The summed E-state index contributed by atoms with van der Waals surface area (Å²) >= 11 is 12.0. The molecule has 0 bridgehead atoms. The minimum Gasteiger partial charge on any atom is -0.493 e. The van der Waals surface area contributed by atoms with Crippen LogP contribution in [0, 0.1) is 0 Å². The molecule has 6 nitrogen and oxygen atoms in total. The molecule has 0 atom stereocenters. The highest BCUT2D eigenvalue weighted by Gasteiger charge is 2.07. The van der Waals surface area contributed by atoms with E-state index in [2.05, 4.69) is 10.2 Å². The maximum absolute atomic E-state index is 6.03. The second kappa shape index (κ2) is 8.12. The SMILES string of the molecule is COc1ccc(/C=C/c2nnc(N)o2)cc1OCc1ccc(Cl)c(Cl)c1. The second-order valence-electron chi connectivity index (χ2n) is 5.26. The van der Waals surface area contributed by atoms with Crippen molar-refractivity contribution in [3.8, 4) is 11.5 Å². The molecular formula is C18H15Cl2N3O3. The number of rotatable bonds is 6. The van der Waals surface area contributed by atoms with Crippen LogP contribution in [-0.4, -0.2) is 17.3 Å². The fraction of sp³-hybridized carbons (Fsp3) is 0.111. The lowest BCUT2D eigenvalue weighted by molar-refractivity contribution is 0.284. The summed E-state index contributed by atoms with van der Waals surface area (Å²) in [5, 5.41) is 8.35. The quantitative estimate of drug-likeness (QED) is 0.654. The molecule has 0 unspecified atom stereocenters. The van der Waals surface area contributed by atoms with Gasteiger partial charge in [-0.3, -0.25) is 0 Å². The molecule has 134 valence electrons. The fourth-order valence-corrected chi connectivity index (χ4v) is 2.50. The molecule has 1 heterocycles. The Morgan fingerprint density at radius 3 is 2.58 bits per heavy atom. The number of methoxy groups -OCH3 is 1. The number of anilines is 1. The molecular weight excluding hydrogens is 377 g/mol. The lowest BCUT2D eigenvalue weighted by atomic mass is 10.2. The number of nitrogens with two attached hydrogens (primary N) is 1. The average Bonchev–Trinajstić information content (AvgIpc) is 3.06. The first-order valence-corrected chi connectivity index (χ1v) is 8.32. The van der Waals surface area contributed by atoms with Crippen molar-refractivity contribution in [3.63, 3.8) is 0 Å². The van der Waals surface area contributed by atoms with E-state index >= 15 is 0 Å². The van der Waals surface area contributed by atoms with Crippen molar-refractivity contribution in [1.29, 1.82) is 0 Å². The number of hydrogen-bond donors (Lipinski definition) is 1. The molecule has 0 aliphatic carbocycles. The maximum atomic E-state index is 6.03. The Bertz CT molecular complexity index is 941. The van der Waals surface area contributed by atoms with Crippen LogP contribution in [0.15, 0.2) is 40.8 Å². The minimum atomic E-state index is 0.0185. The van der Waals surface area contributed by atoms with E-state index in [0.29, 0.717) is 34.0 Å². The van der Waals surface area contributed by atoms with Gasteiger partial charge in [-0.2, -0.15) is 0 Å². The van der Waals surface area contributed by atoms with Crippen molar-refractivity contribution in [3.05, 3.63) is 63.5 Å². The zero-order valence-electron chi connectivity index (χ0n) is 13.8. The van der Waals surface area contributed by atoms with Gasteiger partial charge in [0.1, 0.15) is 6.61 Å². The van der Waals surface area contributed by atoms with Crippen LogP contribution in [0.5, 0.6) is 11.5 Å². The van der Waals surface area contributed by atoms with Gasteiger partial charge < -0.3 is 19.6 Å². The summed E-state index contributed by atoms with van der Waals surface area (Å²) in [7, 11) is 1.58. The first-order chi connectivity index (χ1) is 12.5. The number of nitrogens with zero attached hydrogens (tertiary/aromatic N) is 2. The van der Waals surface area contributed by atoms with Gasteiger partial charge in [-0.05, 0) is 41.5 Å². The van der Waals surface area contributed by atoms with Crippen LogP contribution < -0.4 is 15.2 Å². The van der Waals surface area contributed by atoms with Crippen LogP contribution in [0.4, 0.5) is 6.01 Å². The minimum absolute atomic E-state index is 0.0185. The van der Waals surface area contributed by atoms with Gasteiger partial charge in [0.2, 0.25) is 5.89 Å². The van der Waals surface area contributed by atoms with E-state index in [4.69, 9.17) is 42.8 Å². The molecule has 8 heteroatoms. The molecule has 26 heavy (non-hydrogen) atoms. The van der Waals surface area contributed by atoms with Crippen LogP contribution in [0.2, 0.25) is 10.0 Å². The molecule has 0 aliphatic heterocycles. The molecule has 0 radical (unpaired) electrons. The molecule has 0 spiro atoms. The average molecular weight is 392 g/mol. The van der Waals surface area contributed by atoms with E-state index in [1.54, 1.807) is 31.4 Å². The number of aromatic nitrogens is 2. The Kier molecular flexibility index (Phi) is 5.65. The van der Waals surface area contributed by atoms with Gasteiger partial charge in [-0.1, -0.05) is 40.4 Å². The molecule has 0 amide bonds. The smallest absolute Gasteiger partial charge is 0.313 e. The van der Waals surface area contributed by atoms with Crippen molar-refractivity contribution in [2.75, 3.05) is 12.8 Å². The van der Waals surface area contributed by atoms with Gasteiger partial charge in [-0.15, -0.1) is 5.10 Å². The van der Waals surface area contributed by atoms with Crippen LogP contribution in [-0.2, 0) is 6.61 Å². The Morgan fingerprint density at radius 1 is 1.04 bits per heavy atom. The summed E-state index contributed by atoms with van der Waals surface area (Å²) in [4.78, 5) is 0. The van der Waals surface area contributed by atoms with Gasteiger partial charge in [0.15, 0.2) is 11.5 Å². The van der Waals surface area contributed by atoms with E-state index in [1.165, 1.54) is 0 Å². The number of ether oxygens (including phenoxy) is 2. The Labute approximate surface area is 160 Å². The van der Waals surface area contributed by atoms with Crippen LogP contribution in [0.25, 0.3) is 12.2 Å². The molecule has 0 saturated heterocycles. The second-order valence-corrected chi connectivity index (χ2v) is 6.07. The maximum Gasteiger partial charge on any atom is 0.313 e. The third-order valence-corrected chi connectivity index (χ3v) is 4.18. The van der Waals surface area contributed by atoms with E-state index in [1.807, 2.05) is 24.3 Å². The first kappa shape index (κ1) is 18.1. The summed E-state index contributed by atoms with van der Waals surface area (Å²) in [5.74, 6) is 1.52. The van der Waals surface area contributed by atoms with Gasteiger partial charge in [0.25, 0.3) is 0 Å². The standard InChI is InChI=1S/C18H15Cl2N3O3/c1-24-15-6-3-11(4-7-17-22-23-18(21)26-17)9-16(15)25-10-12-2-5-13(19)14(20)8-12/h2-9H,10H2,1H3,(H2,21,23)/b7-4+. The molecule has 2 aromatic carbocycles. The Morgan fingerprint density at radius 2 is 1.88 bits per heavy atom. The van der Waals surface area contributed by atoms with E-state index in [-0.39, 0.29) is 6.01 Å². The molecule has 0 fully saturated rings. The van der Waals surface area contributed by atoms with E-state index in [0.717, 1.165) is 11.1 Å². The highest BCUT2D eigenvalue weighted by molar-refractivity contribution is 6.42. The van der Waals surface area contributed by atoms with Crippen LogP contribution in [0.1, 0.15) is 17.0 Å². The highest BCUT2D eigenvalue weighted by atomic mass is 35.5. The third kappa shape index (κ3) is 4.47. The normalized spacial score (nSPS) is 11.0. The van der Waals surface area contributed by atoms with Crippen LogP contribution >= 0.6 is 23.2 Å². The number of halogens is 2. The molecule has 3 aromatic rings. The van der Waals surface area contributed by atoms with Gasteiger partial charge in [0, 0.05) is 6.08 Å².